The third kappa shape index (κ3) is 3.77. The van der Waals surface area contributed by atoms with Gasteiger partial charge in [0.15, 0.2) is 6.29 Å². The number of aliphatic carboxylic acids is 1. The highest BCUT2D eigenvalue weighted by molar-refractivity contribution is 5.76. The van der Waals surface area contributed by atoms with E-state index in [1.165, 1.54) is 0 Å². The van der Waals surface area contributed by atoms with Crippen LogP contribution in [0.1, 0.15) is 36.0 Å². The van der Waals surface area contributed by atoms with E-state index in [-0.39, 0.29) is 30.5 Å². The molecule has 0 radical (unpaired) electrons. The van der Waals surface area contributed by atoms with Crippen molar-refractivity contribution in [1.29, 1.82) is 0 Å². The predicted octanol–water partition coefficient (Wildman–Crippen LogP) is 3.05. The summed E-state index contributed by atoms with van der Waals surface area (Å²) in [5.41, 5.74) is -0.607. The lowest BCUT2D eigenvalue weighted by atomic mass is 9.82. The number of aldehydes is 1. The van der Waals surface area contributed by atoms with Gasteiger partial charge in [-0.1, -0.05) is 0 Å². The largest absolute Gasteiger partial charge is 0.493 e. The summed E-state index contributed by atoms with van der Waals surface area (Å²) in [6.07, 6.45) is 2.75. The van der Waals surface area contributed by atoms with Crippen LogP contribution in [0.15, 0.2) is 12.1 Å². The van der Waals surface area contributed by atoms with E-state index in [4.69, 9.17) is 9.84 Å². The molecular formula is C15H16F2O4. The summed E-state index contributed by atoms with van der Waals surface area (Å²) in [7, 11) is 0. The van der Waals surface area contributed by atoms with Gasteiger partial charge in [0, 0.05) is 12.1 Å². The molecule has 0 aromatic heterocycles. The van der Waals surface area contributed by atoms with Gasteiger partial charge in [-0.25, -0.2) is 8.78 Å². The van der Waals surface area contributed by atoms with Gasteiger partial charge in [-0.15, -0.1) is 0 Å². The normalized spacial score (nSPS) is 21.8. The molecule has 1 fully saturated rings. The van der Waals surface area contributed by atoms with Crippen LogP contribution >= 0.6 is 0 Å². The Morgan fingerprint density at radius 2 is 1.81 bits per heavy atom. The van der Waals surface area contributed by atoms with Gasteiger partial charge in [0.2, 0.25) is 0 Å². The van der Waals surface area contributed by atoms with Crippen LogP contribution in [0.5, 0.6) is 5.75 Å². The summed E-state index contributed by atoms with van der Waals surface area (Å²) in [4.78, 5) is 21.3. The zero-order chi connectivity index (χ0) is 15.4. The van der Waals surface area contributed by atoms with Crippen molar-refractivity contribution in [2.24, 2.45) is 11.8 Å². The second-order valence-corrected chi connectivity index (χ2v) is 5.29. The maximum Gasteiger partial charge on any atom is 0.306 e. The van der Waals surface area contributed by atoms with Gasteiger partial charge in [-0.05, 0) is 31.6 Å². The molecule has 1 saturated carbocycles. The summed E-state index contributed by atoms with van der Waals surface area (Å²) < 4.78 is 32.2. The fourth-order valence-electron chi connectivity index (χ4n) is 2.55. The Morgan fingerprint density at radius 1 is 1.24 bits per heavy atom. The molecule has 0 unspecified atom stereocenters. The number of carbonyl (C=O) groups is 2. The fraction of sp³-hybridized carbons (Fsp3) is 0.467. The molecule has 1 aromatic carbocycles. The second-order valence-electron chi connectivity index (χ2n) is 5.29. The maximum atomic E-state index is 13.4. The van der Waals surface area contributed by atoms with Crippen molar-refractivity contribution in [2.45, 2.75) is 25.7 Å². The van der Waals surface area contributed by atoms with E-state index in [0.717, 1.165) is 12.1 Å². The van der Waals surface area contributed by atoms with Crippen LogP contribution < -0.4 is 4.74 Å². The van der Waals surface area contributed by atoms with Crippen molar-refractivity contribution < 1.29 is 28.2 Å². The molecule has 0 heterocycles. The summed E-state index contributed by atoms with van der Waals surface area (Å²) in [5, 5.41) is 8.90. The Labute approximate surface area is 120 Å². The number of carboxylic acid groups (broad SMARTS) is 1. The number of halogens is 2. The third-order valence-corrected chi connectivity index (χ3v) is 3.85. The van der Waals surface area contributed by atoms with Crippen LogP contribution in [0.3, 0.4) is 0 Å². The highest BCUT2D eigenvalue weighted by Gasteiger charge is 2.26. The number of benzene rings is 1. The molecule has 114 valence electrons. The smallest absolute Gasteiger partial charge is 0.306 e. The molecule has 1 N–H and O–H groups in total. The van der Waals surface area contributed by atoms with E-state index in [2.05, 4.69) is 0 Å². The second kappa shape index (κ2) is 6.65. The first-order valence-corrected chi connectivity index (χ1v) is 6.81. The molecule has 1 aliphatic rings. The van der Waals surface area contributed by atoms with E-state index < -0.39 is 23.2 Å². The lowest BCUT2D eigenvalue weighted by Gasteiger charge is -2.26. The standard InChI is InChI=1S/C15H16F2O4/c16-13-5-11(6-14(17)12(13)7-18)21-8-9-1-3-10(4-2-9)15(19)20/h5-7,9-10H,1-4,8H2,(H,19,20)/t9-,10-. The SMILES string of the molecule is O=Cc1c(F)cc(OC[C@H]2CC[C@H](C(=O)O)CC2)cc1F. The minimum absolute atomic E-state index is 0.0379. The van der Waals surface area contributed by atoms with Crippen LogP contribution in [0.2, 0.25) is 0 Å². The van der Waals surface area contributed by atoms with E-state index in [9.17, 15) is 18.4 Å². The Bertz CT molecular complexity index is 513. The summed E-state index contributed by atoms with van der Waals surface area (Å²) in [5.74, 6) is -2.76. The van der Waals surface area contributed by atoms with E-state index >= 15 is 0 Å². The number of hydrogen-bond acceptors (Lipinski definition) is 3. The van der Waals surface area contributed by atoms with Gasteiger partial charge in [0.25, 0.3) is 0 Å². The van der Waals surface area contributed by atoms with Crippen molar-refractivity contribution in [3.05, 3.63) is 29.3 Å². The number of hydrogen-bond donors (Lipinski definition) is 1. The molecule has 0 amide bonds. The fourth-order valence-corrected chi connectivity index (χ4v) is 2.55. The maximum absolute atomic E-state index is 13.4. The van der Waals surface area contributed by atoms with Crippen molar-refractivity contribution in [2.75, 3.05) is 6.61 Å². The number of carbonyl (C=O) groups excluding carboxylic acids is 1. The average Bonchev–Trinajstić information content (AvgIpc) is 2.45. The Hall–Kier alpha value is -1.98. The lowest BCUT2D eigenvalue weighted by Crippen LogP contribution is -2.24. The monoisotopic (exact) mass is 298 g/mol. The minimum atomic E-state index is -0.949. The average molecular weight is 298 g/mol. The minimum Gasteiger partial charge on any atom is -0.493 e. The molecule has 4 nitrogen and oxygen atoms in total. The van der Waals surface area contributed by atoms with Crippen LogP contribution in [0, 0.1) is 23.5 Å². The van der Waals surface area contributed by atoms with Crippen molar-refractivity contribution >= 4 is 12.3 Å². The summed E-state index contributed by atoms with van der Waals surface area (Å²) in [6, 6.07) is 1.96. The Kier molecular flexibility index (Phi) is 4.88. The first-order chi connectivity index (χ1) is 10.0. The zero-order valence-corrected chi connectivity index (χ0v) is 11.4. The predicted molar refractivity (Wildman–Crippen MR) is 70.3 cm³/mol. The quantitative estimate of drug-likeness (QED) is 0.849. The number of carboxylic acids is 1. The van der Waals surface area contributed by atoms with Crippen LogP contribution in [-0.4, -0.2) is 24.0 Å². The number of rotatable bonds is 5. The van der Waals surface area contributed by atoms with Crippen LogP contribution in [0.4, 0.5) is 8.78 Å². The molecule has 0 aliphatic heterocycles. The first kappa shape index (κ1) is 15.4. The molecule has 0 bridgehead atoms. The highest BCUT2D eigenvalue weighted by atomic mass is 19.1. The molecule has 0 atom stereocenters. The van der Waals surface area contributed by atoms with Crippen molar-refractivity contribution in [3.8, 4) is 5.75 Å². The molecule has 6 heteroatoms. The molecule has 0 saturated heterocycles. The molecule has 1 aromatic rings. The van der Waals surface area contributed by atoms with Crippen molar-refractivity contribution in [1.82, 2.24) is 0 Å². The number of ether oxygens (including phenoxy) is 1. The Balaban J connectivity index is 1.90. The summed E-state index contributed by atoms with van der Waals surface area (Å²) >= 11 is 0. The van der Waals surface area contributed by atoms with Gasteiger partial charge >= 0.3 is 5.97 Å². The summed E-state index contributed by atoms with van der Waals surface area (Å²) in [6.45, 7) is 0.283. The molecular weight excluding hydrogens is 282 g/mol. The van der Waals surface area contributed by atoms with E-state index in [0.29, 0.717) is 25.7 Å². The molecule has 1 aliphatic carbocycles. The third-order valence-electron chi connectivity index (χ3n) is 3.85. The van der Waals surface area contributed by atoms with Crippen LogP contribution in [0.25, 0.3) is 0 Å². The van der Waals surface area contributed by atoms with Gasteiger partial charge < -0.3 is 9.84 Å². The Morgan fingerprint density at radius 3 is 2.29 bits per heavy atom. The van der Waals surface area contributed by atoms with Gasteiger partial charge in [-0.3, -0.25) is 9.59 Å². The van der Waals surface area contributed by atoms with E-state index in [1.807, 2.05) is 0 Å². The lowest BCUT2D eigenvalue weighted by molar-refractivity contribution is -0.143. The van der Waals surface area contributed by atoms with Gasteiger partial charge in [0.1, 0.15) is 17.4 Å². The van der Waals surface area contributed by atoms with Gasteiger partial charge in [0.05, 0.1) is 18.1 Å². The first-order valence-electron chi connectivity index (χ1n) is 6.81. The molecule has 0 spiro atoms. The van der Waals surface area contributed by atoms with Crippen LogP contribution in [-0.2, 0) is 4.79 Å². The topological polar surface area (TPSA) is 63.6 Å². The van der Waals surface area contributed by atoms with Gasteiger partial charge in [-0.2, -0.15) is 0 Å². The van der Waals surface area contributed by atoms with E-state index in [1.54, 1.807) is 0 Å². The van der Waals surface area contributed by atoms with Crippen molar-refractivity contribution in [3.63, 3.8) is 0 Å². The molecule has 21 heavy (non-hydrogen) atoms. The molecule has 2 rings (SSSR count). The highest BCUT2D eigenvalue weighted by Crippen LogP contribution is 2.30. The zero-order valence-electron chi connectivity index (χ0n) is 11.4.